The third-order valence-corrected chi connectivity index (χ3v) is 7.75. The smallest absolute Gasteiger partial charge is 0.312 e. The lowest BCUT2D eigenvalue weighted by Gasteiger charge is -2.38. The van der Waals surface area contributed by atoms with Gasteiger partial charge in [0, 0.05) is 12.2 Å². The summed E-state index contributed by atoms with van der Waals surface area (Å²) in [6.07, 6.45) is 8.56. The maximum absolute atomic E-state index is 14.3. The van der Waals surface area contributed by atoms with Gasteiger partial charge in [-0.05, 0) is 43.5 Å². The molecule has 1 aromatic rings. The quantitative estimate of drug-likeness (QED) is 0.490. The van der Waals surface area contributed by atoms with Crippen molar-refractivity contribution >= 4 is 23.5 Å². The number of carbonyl (C=O) groups is 3. The molecule has 9 heteroatoms. The van der Waals surface area contributed by atoms with E-state index in [4.69, 9.17) is 14.2 Å². The molecule has 0 aliphatic carbocycles. The van der Waals surface area contributed by atoms with E-state index in [1.54, 1.807) is 42.4 Å². The molecule has 0 aromatic heterocycles. The molecular formula is C27H32N2O7. The van der Waals surface area contributed by atoms with Gasteiger partial charge in [-0.15, -0.1) is 0 Å². The van der Waals surface area contributed by atoms with Crippen molar-refractivity contribution in [2.24, 2.45) is 11.8 Å². The average Bonchev–Trinajstić information content (AvgIpc) is 3.30. The number of hydrogen-bond donors (Lipinski definition) is 1. The molecule has 1 spiro atoms. The zero-order chi connectivity index (χ0) is 25.4. The van der Waals surface area contributed by atoms with Crippen LogP contribution in [0.5, 0.6) is 5.75 Å². The predicted molar refractivity (Wildman–Crippen MR) is 130 cm³/mol. The molecule has 9 nitrogen and oxygen atoms in total. The van der Waals surface area contributed by atoms with Gasteiger partial charge in [0.05, 0.1) is 38.4 Å². The Morgan fingerprint density at radius 1 is 1.17 bits per heavy atom. The first-order valence-corrected chi connectivity index (χ1v) is 12.5. The fraction of sp³-hybridized carbons (Fsp3) is 0.519. The molecule has 192 valence electrons. The Bertz CT molecular complexity index is 1080. The minimum Gasteiger partial charge on any atom is -0.497 e. The predicted octanol–water partition coefficient (Wildman–Crippen LogP) is 1.84. The zero-order valence-electron chi connectivity index (χ0n) is 20.5. The highest BCUT2D eigenvalue weighted by Crippen LogP contribution is 2.54. The standard InChI is InChI=1S/C27H32N2O7/c1-3-17(16-30)29-23-25(32)28(18-9-11-19(34-2)12-10-18)14-7-13-27(23)22(24(29)31)21-20(36-27)8-5-4-6-15-35-26(21)33/h5,7-13,17,20-23,30H,3-4,6,14-16H2,1-2H3/b8-5-/t17-,20-,21+,22-,23?,27-/m0/s1. The van der Waals surface area contributed by atoms with Gasteiger partial charge in [-0.1, -0.05) is 31.2 Å². The first-order valence-electron chi connectivity index (χ1n) is 12.5. The summed E-state index contributed by atoms with van der Waals surface area (Å²) in [5, 5.41) is 10.2. The van der Waals surface area contributed by atoms with E-state index in [1.165, 1.54) is 4.90 Å². The fourth-order valence-corrected chi connectivity index (χ4v) is 5.99. The molecule has 1 unspecified atom stereocenters. The number of aliphatic hydroxyl groups excluding tert-OH is 1. The van der Waals surface area contributed by atoms with Gasteiger partial charge >= 0.3 is 5.97 Å². The van der Waals surface area contributed by atoms with E-state index in [0.29, 0.717) is 24.3 Å². The molecule has 4 heterocycles. The highest BCUT2D eigenvalue weighted by atomic mass is 16.6. The van der Waals surface area contributed by atoms with E-state index in [-0.39, 0.29) is 31.6 Å². The van der Waals surface area contributed by atoms with Crippen LogP contribution in [0.25, 0.3) is 0 Å². The summed E-state index contributed by atoms with van der Waals surface area (Å²) in [5.74, 6) is -2.32. The van der Waals surface area contributed by atoms with E-state index < -0.39 is 41.6 Å². The number of nitrogens with zero attached hydrogens (tertiary/aromatic N) is 2. The summed E-state index contributed by atoms with van der Waals surface area (Å²) < 4.78 is 17.3. The monoisotopic (exact) mass is 496 g/mol. The number of benzene rings is 1. The number of anilines is 1. The molecule has 1 N–H and O–H groups in total. The van der Waals surface area contributed by atoms with Crippen molar-refractivity contribution in [2.75, 3.05) is 31.8 Å². The van der Waals surface area contributed by atoms with Crippen LogP contribution in [0.2, 0.25) is 0 Å². The molecule has 6 atom stereocenters. The van der Waals surface area contributed by atoms with Crippen molar-refractivity contribution in [3.05, 3.63) is 48.6 Å². The second kappa shape index (κ2) is 9.71. The number of carbonyl (C=O) groups excluding carboxylic acids is 3. The number of aliphatic hydroxyl groups is 1. The van der Waals surface area contributed by atoms with Gasteiger partial charge in [-0.2, -0.15) is 0 Å². The van der Waals surface area contributed by atoms with Gasteiger partial charge in [0.15, 0.2) is 0 Å². The van der Waals surface area contributed by atoms with Crippen LogP contribution < -0.4 is 9.64 Å². The Balaban J connectivity index is 1.62. The van der Waals surface area contributed by atoms with Crippen molar-refractivity contribution in [3.63, 3.8) is 0 Å². The van der Waals surface area contributed by atoms with Gasteiger partial charge in [0.2, 0.25) is 5.91 Å². The van der Waals surface area contributed by atoms with Gasteiger partial charge in [-0.3, -0.25) is 14.4 Å². The lowest BCUT2D eigenvalue weighted by atomic mass is 9.78. The number of rotatable bonds is 5. The number of fused-ring (bicyclic) bond motifs is 2. The van der Waals surface area contributed by atoms with Crippen molar-refractivity contribution in [3.8, 4) is 5.75 Å². The molecule has 0 bridgehead atoms. The summed E-state index contributed by atoms with van der Waals surface area (Å²) in [6, 6.07) is 5.49. The molecular weight excluding hydrogens is 464 g/mol. The number of hydrogen-bond acceptors (Lipinski definition) is 7. The first kappa shape index (κ1) is 24.5. The summed E-state index contributed by atoms with van der Waals surface area (Å²) in [6.45, 7) is 2.09. The van der Waals surface area contributed by atoms with E-state index in [2.05, 4.69) is 0 Å². The number of methoxy groups -OCH3 is 1. The van der Waals surface area contributed by atoms with Crippen LogP contribution in [0.3, 0.4) is 0 Å². The van der Waals surface area contributed by atoms with E-state index in [0.717, 1.165) is 6.42 Å². The van der Waals surface area contributed by atoms with Crippen molar-refractivity contribution in [1.82, 2.24) is 4.90 Å². The van der Waals surface area contributed by atoms with Gasteiger partial charge in [0.25, 0.3) is 5.91 Å². The van der Waals surface area contributed by atoms with Crippen LogP contribution in [-0.4, -0.2) is 78.4 Å². The topological polar surface area (TPSA) is 106 Å². The zero-order valence-corrected chi connectivity index (χ0v) is 20.5. The van der Waals surface area contributed by atoms with Crippen molar-refractivity contribution in [2.45, 2.75) is 50.0 Å². The average molecular weight is 497 g/mol. The maximum Gasteiger partial charge on any atom is 0.312 e. The molecule has 2 amide bonds. The van der Waals surface area contributed by atoms with Gasteiger partial charge in [0.1, 0.15) is 23.3 Å². The van der Waals surface area contributed by atoms with Crippen LogP contribution in [0.4, 0.5) is 5.69 Å². The Labute approximate surface area is 210 Å². The minimum absolute atomic E-state index is 0.266. The van der Waals surface area contributed by atoms with E-state index in [1.807, 2.05) is 25.2 Å². The number of ether oxygens (including phenoxy) is 3. The molecule has 36 heavy (non-hydrogen) atoms. The summed E-state index contributed by atoms with van der Waals surface area (Å²) in [4.78, 5) is 44.6. The number of likely N-dealkylation sites (tertiary alicyclic amines) is 1. The number of amides is 2. The Kier molecular flexibility index (Phi) is 6.61. The van der Waals surface area contributed by atoms with E-state index in [9.17, 15) is 19.5 Å². The molecule has 5 rings (SSSR count). The van der Waals surface area contributed by atoms with Gasteiger partial charge in [-0.25, -0.2) is 0 Å². The Morgan fingerprint density at radius 2 is 1.94 bits per heavy atom. The summed E-state index contributed by atoms with van der Waals surface area (Å²) >= 11 is 0. The lowest BCUT2D eigenvalue weighted by Crippen LogP contribution is -2.58. The maximum atomic E-state index is 14.3. The molecule has 4 aliphatic rings. The highest BCUT2D eigenvalue weighted by Gasteiger charge is 2.72. The minimum atomic E-state index is -1.35. The van der Waals surface area contributed by atoms with Crippen molar-refractivity contribution in [1.29, 1.82) is 0 Å². The molecule has 2 fully saturated rings. The summed E-state index contributed by atoms with van der Waals surface area (Å²) in [7, 11) is 1.57. The Hall–Kier alpha value is -3.17. The third kappa shape index (κ3) is 3.72. The highest BCUT2D eigenvalue weighted by molar-refractivity contribution is 6.05. The first-order chi connectivity index (χ1) is 17.5. The number of esters is 1. The normalized spacial score (nSPS) is 33.5. The molecule has 0 saturated carbocycles. The lowest BCUT2D eigenvalue weighted by molar-refractivity contribution is -0.155. The fourth-order valence-electron chi connectivity index (χ4n) is 5.99. The van der Waals surface area contributed by atoms with E-state index >= 15 is 0 Å². The van der Waals surface area contributed by atoms with Crippen LogP contribution in [0.1, 0.15) is 26.2 Å². The molecule has 0 radical (unpaired) electrons. The SMILES string of the molecule is CC[C@@H](CO)N1C(=O)[C@@H]2[C@@H]3C(=O)OCCC/C=C\[C@@H]3O[C@@]23C=CCN(c2ccc(OC)cc2)C(=O)C13. The largest absolute Gasteiger partial charge is 0.497 e. The summed E-state index contributed by atoms with van der Waals surface area (Å²) in [5.41, 5.74) is -0.703. The second-order valence-electron chi connectivity index (χ2n) is 9.62. The molecule has 2 saturated heterocycles. The Morgan fingerprint density at radius 3 is 2.64 bits per heavy atom. The number of cyclic esters (lactones) is 1. The van der Waals surface area contributed by atoms with Crippen LogP contribution >= 0.6 is 0 Å². The number of allylic oxidation sites excluding steroid dienone is 1. The molecule has 1 aromatic carbocycles. The second-order valence-corrected chi connectivity index (χ2v) is 9.62. The van der Waals surface area contributed by atoms with Crippen LogP contribution in [0, 0.1) is 11.8 Å². The third-order valence-electron chi connectivity index (χ3n) is 7.75. The van der Waals surface area contributed by atoms with Crippen molar-refractivity contribution < 1.29 is 33.7 Å². The van der Waals surface area contributed by atoms with Gasteiger partial charge < -0.3 is 29.1 Å². The van der Waals surface area contributed by atoms with Crippen LogP contribution in [-0.2, 0) is 23.9 Å². The molecule has 4 aliphatic heterocycles. The van der Waals surface area contributed by atoms with Crippen LogP contribution in [0.15, 0.2) is 48.6 Å².